The van der Waals surface area contributed by atoms with Crippen molar-refractivity contribution in [3.63, 3.8) is 0 Å². The summed E-state index contributed by atoms with van der Waals surface area (Å²) in [7, 11) is 0. The van der Waals surface area contributed by atoms with Crippen LogP contribution in [0.3, 0.4) is 0 Å². The van der Waals surface area contributed by atoms with Gasteiger partial charge in [0.1, 0.15) is 0 Å². The SMILES string of the molecule is ClCCc1nnc(NC2CCOCC2)o1. The van der Waals surface area contributed by atoms with Crippen LogP contribution in [-0.4, -0.2) is 35.3 Å². The van der Waals surface area contributed by atoms with Gasteiger partial charge in [0.05, 0.1) is 0 Å². The molecule has 1 aromatic heterocycles. The molecule has 1 aliphatic heterocycles. The van der Waals surface area contributed by atoms with E-state index in [2.05, 4.69) is 15.5 Å². The van der Waals surface area contributed by atoms with Crippen molar-refractivity contribution in [2.45, 2.75) is 25.3 Å². The third-order valence-electron chi connectivity index (χ3n) is 2.32. The zero-order valence-corrected chi connectivity index (χ0v) is 9.16. The summed E-state index contributed by atoms with van der Waals surface area (Å²) in [5.41, 5.74) is 0. The first-order chi connectivity index (χ1) is 7.38. The molecule has 0 radical (unpaired) electrons. The Morgan fingerprint density at radius 3 is 2.87 bits per heavy atom. The van der Waals surface area contributed by atoms with Gasteiger partial charge in [0, 0.05) is 31.6 Å². The van der Waals surface area contributed by atoms with Crippen molar-refractivity contribution in [1.29, 1.82) is 0 Å². The van der Waals surface area contributed by atoms with Gasteiger partial charge in [0.25, 0.3) is 0 Å². The molecule has 0 atom stereocenters. The number of aromatic nitrogens is 2. The Hall–Kier alpha value is -0.810. The number of halogens is 1. The molecule has 84 valence electrons. The van der Waals surface area contributed by atoms with Crippen LogP contribution in [0.5, 0.6) is 0 Å². The molecule has 0 amide bonds. The molecule has 0 aromatic carbocycles. The number of rotatable bonds is 4. The Kier molecular flexibility index (Phi) is 3.80. The fraction of sp³-hybridized carbons (Fsp3) is 0.778. The summed E-state index contributed by atoms with van der Waals surface area (Å²) < 4.78 is 10.6. The van der Waals surface area contributed by atoms with Crippen molar-refractivity contribution in [1.82, 2.24) is 10.2 Å². The van der Waals surface area contributed by atoms with E-state index in [9.17, 15) is 0 Å². The molecule has 0 unspecified atom stereocenters. The van der Waals surface area contributed by atoms with Crippen LogP contribution in [0.1, 0.15) is 18.7 Å². The quantitative estimate of drug-likeness (QED) is 0.795. The van der Waals surface area contributed by atoms with Crippen LogP contribution >= 0.6 is 11.6 Å². The summed E-state index contributed by atoms with van der Waals surface area (Å²) in [6.45, 7) is 1.58. The van der Waals surface area contributed by atoms with E-state index in [-0.39, 0.29) is 0 Å². The smallest absolute Gasteiger partial charge is 0.315 e. The lowest BCUT2D eigenvalue weighted by atomic mass is 10.1. The molecule has 15 heavy (non-hydrogen) atoms. The van der Waals surface area contributed by atoms with Crippen LogP contribution in [-0.2, 0) is 11.2 Å². The lowest BCUT2D eigenvalue weighted by molar-refractivity contribution is 0.0899. The number of nitrogens with zero attached hydrogens (tertiary/aromatic N) is 2. The first-order valence-electron chi connectivity index (χ1n) is 5.11. The van der Waals surface area contributed by atoms with Crippen LogP contribution in [0.25, 0.3) is 0 Å². The average Bonchev–Trinajstić information content (AvgIpc) is 2.68. The van der Waals surface area contributed by atoms with Gasteiger partial charge in [-0.3, -0.25) is 0 Å². The molecule has 1 N–H and O–H groups in total. The fourth-order valence-corrected chi connectivity index (χ4v) is 1.67. The Morgan fingerprint density at radius 2 is 2.13 bits per heavy atom. The molecule has 2 rings (SSSR count). The lowest BCUT2D eigenvalue weighted by Gasteiger charge is -2.21. The van der Waals surface area contributed by atoms with Gasteiger partial charge >= 0.3 is 6.01 Å². The molecular formula is C9H14ClN3O2. The zero-order valence-electron chi connectivity index (χ0n) is 8.41. The second kappa shape index (κ2) is 5.32. The molecule has 0 bridgehead atoms. The number of ether oxygens (including phenoxy) is 1. The second-order valence-corrected chi connectivity index (χ2v) is 3.85. The zero-order chi connectivity index (χ0) is 10.5. The Bertz CT molecular complexity index is 299. The summed E-state index contributed by atoms with van der Waals surface area (Å²) in [5.74, 6) is 1.08. The fourth-order valence-electron chi connectivity index (χ4n) is 1.51. The Labute approximate surface area is 93.1 Å². The summed E-state index contributed by atoms with van der Waals surface area (Å²) in [5, 5.41) is 11.0. The minimum absolute atomic E-state index is 0.378. The van der Waals surface area contributed by atoms with Crippen molar-refractivity contribution in [2.24, 2.45) is 0 Å². The number of alkyl halides is 1. The molecular weight excluding hydrogens is 218 g/mol. The van der Waals surface area contributed by atoms with Gasteiger partial charge < -0.3 is 14.5 Å². The molecule has 0 saturated carbocycles. The van der Waals surface area contributed by atoms with E-state index in [1.165, 1.54) is 0 Å². The molecule has 1 aromatic rings. The largest absolute Gasteiger partial charge is 0.408 e. The van der Waals surface area contributed by atoms with Crippen molar-refractivity contribution in [3.05, 3.63) is 5.89 Å². The standard InChI is InChI=1S/C9H14ClN3O2/c10-4-1-8-12-13-9(15-8)11-7-2-5-14-6-3-7/h7H,1-6H2,(H,11,13). The maximum absolute atomic E-state index is 5.57. The maximum atomic E-state index is 5.57. The van der Waals surface area contributed by atoms with Gasteiger partial charge in [-0.1, -0.05) is 5.10 Å². The third kappa shape index (κ3) is 3.07. The highest BCUT2D eigenvalue weighted by Crippen LogP contribution is 2.14. The molecule has 5 nitrogen and oxygen atoms in total. The Morgan fingerprint density at radius 1 is 1.33 bits per heavy atom. The molecule has 0 spiro atoms. The minimum atomic E-state index is 0.378. The molecule has 1 fully saturated rings. The first kappa shape index (κ1) is 10.7. The highest BCUT2D eigenvalue weighted by atomic mass is 35.5. The van der Waals surface area contributed by atoms with Gasteiger partial charge in [-0.15, -0.1) is 16.7 Å². The summed E-state index contributed by atoms with van der Waals surface area (Å²) in [4.78, 5) is 0. The van der Waals surface area contributed by atoms with Crippen molar-refractivity contribution in [2.75, 3.05) is 24.4 Å². The van der Waals surface area contributed by atoms with E-state index >= 15 is 0 Å². The monoisotopic (exact) mass is 231 g/mol. The highest BCUT2D eigenvalue weighted by molar-refractivity contribution is 6.17. The van der Waals surface area contributed by atoms with E-state index in [1.54, 1.807) is 0 Å². The van der Waals surface area contributed by atoms with E-state index in [0.29, 0.717) is 30.2 Å². The van der Waals surface area contributed by atoms with Crippen LogP contribution in [0.15, 0.2) is 4.42 Å². The molecule has 2 heterocycles. The van der Waals surface area contributed by atoms with E-state index < -0.39 is 0 Å². The molecule has 0 aliphatic carbocycles. The predicted molar refractivity (Wildman–Crippen MR) is 56.2 cm³/mol. The number of aryl methyl sites for hydroxylation is 1. The molecule has 1 saturated heterocycles. The number of nitrogens with one attached hydrogen (secondary N) is 1. The summed E-state index contributed by atoms with van der Waals surface area (Å²) >= 11 is 5.57. The van der Waals surface area contributed by atoms with Gasteiger partial charge in [-0.2, -0.15) is 0 Å². The normalized spacial score (nSPS) is 17.9. The van der Waals surface area contributed by atoms with Gasteiger partial charge in [-0.05, 0) is 12.8 Å². The topological polar surface area (TPSA) is 60.2 Å². The van der Waals surface area contributed by atoms with Crippen LogP contribution < -0.4 is 5.32 Å². The Balaban J connectivity index is 1.86. The number of anilines is 1. The molecule has 1 aliphatic rings. The maximum Gasteiger partial charge on any atom is 0.315 e. The summed E-state index contributed by atoms with van der Waals surface area (Å²) in [6.07, 6.45) is 2.57. The average molecular weight is 232 g/mol. The van der Waals surface area contributed by atoms with Crippen molar-refractivity contribution < 1.29 is 9.15 Å². The minimum Gasteiger partial charge on any atom is -0.408 e. The van der Waals surface area contributed by atoms with Gasteiger partial charge in [-0.25, -0.2) is 0 Å². The lowest BCUT2D eigenvalue weighted by Crippen LogP contribution is -2.27. The number of hydrogen-bond donors (Lipinski definition) is 1. The highest BCUT2D eigenvalue weighted by Gasteiger charge is 2.16. The van der Waals surface area contributed by atoms with Crippen LogP contribution in [0.4, 0.5) is 6.01 Å². The third-order valence-corrected chi connectivity index (χ3v) is 2.51. The van der Waals surface area contributed by atoms with Gasteiger partial charge in [0.15, 0.2) is 0 Å². The summed E-state index contributed by atoms with van der Waals surface area (Å²) in [6, 6.07) is 0.866. The second-order valence-electron chi connectivity index (χ2n) is 3.47. The van der Waals surface area contributed by atoms with Crippen LogP contribution in [0.2, 0.25) is 0 Å². The van der Waals surface area contributed by atoms with Gasteiger partial charge in [0.2, 0.25) is 5.89 Å². The van der Waals surface area contributed by atoms with E-state index in [1.807, 2.05) is 0 Å². The van der Waals surface area contributed by atoms with E-state index in [0.717, 1.165) is 26.1 Å². The molecule has 6 heteroatoms. The first-order valence-corrected chi connectivity index (χ1v) is 5.64. The van der Waals surface area contributed by atoms with Crippen molar-refractivity contribution >= 4 is 17.6 Å². The van der Waals surface area contributed by atoms with Crippen molar-refractivity contribution in [3.8, 4) is 0 Å². The predicted octanol–water partition coefficient (Wildman–Crippen LogP) is 1.44. The van der Waals surface area contributed by atoms with E-state index in [4.69, 9.17) is 20.8 Å². The van der Waals surface area contributed by atoms with Crippen LogP contribution in [0, 0.1) is 0 Å². The number of hydrogen-bond acceptors (Lipinski definition) is 5.